The van der Waals surface area contributed by atoms with Crippen LogP contribution in [0.4, 0.5) is 0 Å². The van der Waals surface area contributed by atoms with Crippen molar-refractivity contribution in [3.63, 3.8) is 0 Å². The number of esters is 2. The highest BCUT2D eigenvalue weighted by atomic mass is 32.2. The maximum absolute atomic E-state index is 12.9. The van der Waals surface area contributed by atoms with Gasteiger partial charge in [0.1, 0.15) is 0 Å². The summed E-state index contributed by atoms with van der Waals surface area (Å²) in [5, 5.41) is 0. The molecule has 2 heterocycles. The van der Waals surface area contributed by atoms with E-state index in [-0.39, 0.29) is 4.90 Å². The van der Waals surface area contributed by atoms with Crippen LogP contribution in [-0.4, -0.2) is 30.1 Å². The standard InChI is InChI=1S/C21H25NO6S/c1-6-21(5,17-18(23)27-20(3,4)28-19(17)24)15-11-12-22(13-15)29(25,26)16-9-7-14(2)8-10-16/h7-13,17H,6H2,1-5H3/t21-/m0/s1. The first-order valence-corrected chi connectivity index (χ1v) is 10.8. The SMILES string of the molecule is CC[C@@](C)(c1ccn(S(=O)(=O)c2ccc(C)cc2)c1)C1C(=O)OC(C)(C)OC1=O. The summed E-state index contributed by atoms with van der Waals surface area (Å²) >= 11 is 0. The smallest absolute Gasteiger partial charge is 0.324 e. The van der Waals surface area contributed by atoms with Crippen LogP contribution in [-0.2, 0) is 34.5 Å². The van der Waals surface area contributed by atoms with E-state index < -0.39 is 39.1 Å². The number of hydrogen-bond donors (Lipinski definition) is 0. The molecule has 0 aliphatic carbocycles. The Hall–Kier alpha value is -2.61. The molecule has 1 aliphatic rings. The molecule has 1 aromatic carbocycles. The number of carbonyl (C=O) groups is 2. The molecule has 1 saturated heterocycles. The molecule has 0 bridgehead atoms. The summed E-state index contributed by atoms with van der Waals surface area (Å²) in [5.74, 6) is -3.85. The van der Waals surface area contributed by atoms with Gasteiger partial charge in [-0.2, -0.15) is 0 Å². The summed E-state index contributed by atoms with van der Waals surface area (Å²) < 4.78 is 37.5. The molecule has 0 amide bonds. The van der Waals surface area contributed by atoms with E-state index in [1.807, 2.05) is 13.8 Å². The second-order valence-corrected chi connectivity index (χ2v) is 9.84. The quantitative estimate of drug-likeness (QED) is 0.546. The first-order chi connectivity index (χ1) is 13.4. The molecule has 3 rings (SSSR count). The first-order valence-electron chi connectivity index (χ1n) is 9.37. The van der Waals surface area contributed by atoms with Crippen LogP contribution in [0.2, 0.25) is 0 Å². The van der Waals surface area contributed by atoms with Gasteiger partial charge in [0.25, 0.3) is 15.8 Å². The fourth-order valence-electron chi connectivity index (χ4n) is 3.51. The monoisotopic (exact) mass is 419 g/mol. The molecule has 29 heavy (non-hydrogen) atoms. The average molecular weight is 419 g/mol. The molecule has 7 nitrogen and oxygen atoms in total. The fourth-order valence-corrected chi connectivity index (χ4v) is 4.71. The summed E-state index contributed by atoms with van der Waals surface area (Å²) in [4.78, 5) is 25.4. The Labute approximate surface area is 170 Å². The van der Waals surface area contributed by atoms with Gasteiger partial charge in [-0.15, -0.1) is 0 Å². The average Bonchev–Trinajstić information content (AvgIpc) is 3.11. The molecule has 8 heteroatoms. The highest BCUT2D eigenvalue weighted by molar-refractivity contribution is 7.90. The molecular formula is C21H25NO6S. The lowest BCUT2D eigenvalue weighted by Crippen LogP contribution is -2.53. The second-order valence-electron chi connectivity index (χ2n) is 7.99. The van der Waals surface area contributed by atoms with E-state index in [1.54, 1.807) is 37.3 Å². The summed E-state index contributed by atoms with van der Waals surface area (Å²) in [6.45, 7) is 8.42. The van der Waals surface area contributed by atoms with Gasteiger partial charge in [0.15, 0.2) is 5.92 Å². The molecule has 1 aromatic heterocycles. The zero-order valence-corrected chi connectivity index (χ0v) is 17.9. The Morgan fingerprint density at radius 3 is 2.14 bits per heavy atom. The van der Waals surface area contributed by atoms with Crippen LogP contribution < -0.4 is 0 Å². The normalized spacial score (nSPS) is 19.3. The van der Waals surface area contributed by atoms with E-state index in [2.05, 4.69) is 0 Å². The van der Waals surface area contributed by atoms with E-state index in [1.165, 1.54) is 26.2 Å². The Balaban J connectivity index is 2.00. The lowest BCUT2D eigenvalue weighted by atomic mass is 9.70. The molecule has 2 aromatic rings. The highest BCUT2D eigenvalue weighted by Gasteiger charge is 2.53. The largest absolute Gasteiger partial charge is 0.422 e. The van der Waals surface area contributed by atoms with Gasteiger partial charge in [-0.3, -0.25) is 9.59 Å². The number of hydrogen-bond acceptors (Lipinski definition) is 6. The van der Waals surface area contributed by atoms with Gasteiger partial charge < -0.3 is 9.47 Å². The Morgan fingerprint density at radius 1 is 1.07 bits per heavy atom. The van der Waals surface area contributed by atoms with Crippen molar-refractivity contribution in [3.05, 3.63) is 53.9 Å². The third-order valence-electron chi connectivity index (χ3n) is 5.46. The molecule has 0 N–H and O–H groups in total. The molecule has 0 spiro atoms. The number of cyclic esters (lactones) is 2. The number of aryl methyl sites for hydroxylation is 1. The van der Waals surface area contributed by atoms with Crippen LogP contribution >= 0.6 is 0 Å². The lowest BCUT2D eigenvalue weighted by molar-refractivity contribution is -0.243. The first kappa shape index (κ1) is 21.1. The maximum Gasteiger partial charge on any atom is 0.324 e. The molecule has 156 valence electrons. The summed E-state index contributed by atoms with van der Waals surface area (Å²) in [6, 6.07) is 8.14. The number of benzene rings is 1. The third kappa shape index (κ3) is 3.69. The van der Waals surface area contributed by atoms with Crippen molar-refractivity contribution >= 4 is 22.0 Å². The van der Waals surface area contributed by atoms with Crippen molar-refractivity contribution in [2.75, 3.05) is 0 Å². The summed E-state index contributed by atoms with van der Waals surface area (Å²) in [7, 11) is -3.80. The minimum atomic E-state index is -3.80. The zero-order valence-electron chi connectivity index (χ0n) is 17.1. The fraction of sp³-hybridized carbons (Fsp3) is 0.429. The van der Waals surface area contributed by atoms with Crippen molar-refractivity contribution in [3.8, 4) is 0 Å². The van der Waals surface area contributed by atoms with Crippen LogP contribution in [0.25, 0.3) is 0 Å². The van der Waals surface area contributed by atoms with E-state index in [9.17, 15) is 18.0 Å². The Bertz CT molecular complexity index is 1030. The van der Waals surface area contributed by atoms with E-state index in [4.69, 9.17) is 9.47 Å². The highest BCUT2D eigenvalue weighted by Crippen LogP contribution is 2.41. The molecule has 1 aliphatic heterocycles. The predicted octanol–water partition coefficient (Wildman–Crippen LogP) is 3.15. The molecule has 1 fully saturated rings. The van der Waals surface area contributed by atoms with Crippen LogP contribution in [0.5, 0.6) is 0 Å². The maximum atomic E-state index is 12.9. The number of nitrogens with zero attached hydrogens (tertiary/aromatic N) is 1. The molecule has 1 atom stereocenters. The zero-order chi connectivity index (χ0) is 21.6. The topological polar surface area (TPSA) is 91.7 Å². The van der Waals surface area contributed by atoms with Crippen molar-refractivity contribution < 1.29 is 27.5 Å². The van der Waals surface area contributed by atoms with Crippen LogP contribution in [0.3, 0.4) is 0 Å². The van der Waals surface area contributed by atoms with Gasteiger partial charge in [0.2, 0.25) is 0 Å². The van der Waals surface area contributed by atoms with Crippen LogP contribution in [0.1, 0.15) is 45.2 Å². The number of aromatic nitrogens is 1. The third-order valence-corrected chi connectivity index (χ3v) is 7.11. The van der Waals surface area contributed by atoms with Gasteiger partial charge in [-0.05, 0) is 37.1 Å². The van der Waals surface area contributed by atoms with Crippen molar-refractivity contribution in [1.29, 1.82) is 0 Å². The van der Waals surface area contributed by atoms with Gasteiger partial charge >= 0.3 is 11.9 Å². The van der Waals surface area contributed by atoms with E-state index >= 15 is 0 Å². The summed E-state index contributed by atoms with van der Waals surface area (Å²) in [5.41, 5.74) is 0.501. The van der Waals surface area contributed by atoms with Gasteiger partial charge in [0.05, 0.1) is 4.90 Å². The molecule has 0 radical (unpaired) electrons. The molecule has 0 unspecified atom stereocenters. The Kier molecular flexibility index (Phi) is 5.11. The number of rotatable bonds is 5. The number of carbonyl (C=O) groups excluding carboxylic acids is 2. The van der Waals surface area contributed by atoms with Gasteiger partial charge in [-0.25, -0.2) is 12.4 Å². The van der Waals surface area contributed by atoms with Crippen LogP contribution in [0, 0.1) is 12.8 Å². The van der Waals surface area contributed by atoms with Crippen LogP contribution in [0.15, 0.2) is 47.6 Å². The van der Waals surface area contributed by atoms with E-state index in [0.29, 0.717) is 12.0 Å². The lowest BCUT2D eigenvalue weighted by Gasteiger charge is -2.40. The Morgan fingerprint density at radius 2 is 1.62 bits per heavy atom. The molecular weight excluding hydrogens is 394 g/mol. The number of ether oxygens (including phenoxy) is 2. The predicted molar refractivity (Wildman–Crippen MR) is 106 cm³/mol. The van der Waals surface area contributed by atoms with Gasteiger partial charge in [0, 0.05) is 31.7 Å². The van der Waals surface area contributed by atoms with Crippen molar-refractivity contribution in [2.45, 2.75) is 57.1 Å². The van der Waals surface area contributed by atoms with Crippen molar-refractivity contribution in [2.24, 2.45) is 5.92 Å². The van der Waals surface area contributed by atoms with E-state index in [0.717, 1.165) is 9.54 Å². The second kappa shape index (κ2) is 7.02. The van der Waals surface area contributed by atoms with Gasteiger partial charge in [-0.1, -0.05) is 31.5 Å². The summed E-state index contributed by atoms with van der Waals surface area (Å²) in [6.07, 6.45) is 3.26. The minimum absolute atomic E-state index is 0.154. The molecule has 0 saturated carbocycles. The van der Waals surface area contributed by atoms with Crippen molar-refractivity contribution in [1.82, 2.24) is 3.97 Å². The minimum Gasteiger partial charge on any atom is -0.422 e.